The summed E-state index contributed by atoms with van der Waals surface area (Å²) >= 11 is 0. The van der Waals surface area contributed by atoms with Crippen LogP contribution in [0.3, 0.4) is 0 Å². The number of aryl methyl sites for hydroxylation is 1. The van der Waals surface area contributed by atoms with E-state index >= 15 is 0 Å². The number of carbonyl (C=O) groups excluding carboxylic acids is 1. The van der Waals surface area contributed by atoms with Gasteiger partial charge in [0.25, 0.3) is 5.91 Å². The summed E-state index contributed by atoms with van der Waals surface area (Å²) in [5, 5.41) is 7.72. The summed E-state index contributed by atoms with van der Waals surface area (Å²) in [6, 6.07) is 9.74. The monoisotopic (exact) mass is 269 g/mol. The summed E-state index contributed by atoms with van der Waals surface area (Å²) in [4.78, 5) is 15.0. The summed E-state index contributed by atoms with van der Waals surface area (Å²) in [6.45, 7) is 2.34. The Morgan fingerprint density at radius 2 is 2.25 bits per heavy atom. The van der Waals surface area contributed by atoms with Crippen LogP contribution in [0.1, 0.15) is 21.8 Å². The van der Waals surface area contributed by atoms with E-state index in [2.05, 4.69) is 21.5 Å². The van der Waals surface area contributed by atoms with Crippen LogP contribution in [0, 0.1) is 6.92 Å². The van der Waals surface area contributed by atoms with Gasteiger partial charge < -0.3 is 14.8 Å². The summed E-state index contributed by atoms with van der Waals surface area (Å²) < 4.78 is 4.92. The fraction of sp³-hybridized carbons (Fsp3) is 0.200. The number of fused-ring (bicyclic) bond motifs is 1. The highest BCUT2D eigenvalue weighted by Crippen LogP contribution is 2.17. The zero-order chi connectivity index (χ0) is 13.9. The van der Waals surface area contributed by atoms with E-state index in [1.165, 1.54) is 10.9 Å². The van der Waals surface area contributed by atoms with Crippen molar-refractivity contribution in [1.29, 1.82) is 0 Å². The van der Waals surface area contributed by atoms with Crippen molar-refractivity contribution < 1.29 is 9.32 Å². The number of para-hydroxylation sites is 1. The van der Waals surface area contributed by atoms with E-state index in [1.807, 2.05) is 24.4 Å². The van der Waals surface area contributed by atoms with Crippen molar-refractivity contribution in [2.45, 2.75) is 13.3 Å². The summed E-state index contributed by atoms with van der Waals surface area (Å²) in [6.07, 6.45) is 2.75. The van der Waals surface area contributed by atoms with Gasteiger partial charge in [0.2, 0.25) is 5.76 Å². The van der Waals surface area contributed by atoms with Gasteiger partial charge >= 0.3 is 0 Å². The molecule has 3 rings (SSSR count). The van der Waals surface area contributed by atoms with E-state index in [1.54, 1.807) is 13.0 Å². The molecule has 0 aliphatic rings. The van der Waals surface area contributed by atoms with Gasteiger partial charge in [0.1, 0.15) is 0 Å². The zero-order valence-corrected chi connectivity index (χ0v) is 11.1. The minimum Gasteiger partial charge on any atom is -0.361 e. The molecule has 2 N–H and O–H groups in total. The lowest BCUT2D eigenvalue weighted by atomic mass is 10.1. The normalized spacial score (nSPS) is 10.8. The Kier molecular flexibility index (Phi) is 3.25. The summed E-state index contributed by atoms with van der Waals surface area (Å²) in [5.41, 5.74) is 3.00. The minimum atomic E-state index is -0.231. The molecular formula is C15H15N3O2. The lowest BCUT2D eigenvalue weighted by molar-refractivity contribution is 0.0917. The second-order valence-electron chi connectivity index (χ2n) is 4.70. The molecule has 1 aromatic carbocycles. The quantitative estimate of drug-likeness (QED) is 0.764. The number of carbonyl (C=O) groups is 1. The minimum absolute atomic E-state index is 0.231. The van der Waals surface area contributed by atoms with Crippen LogP contribution in [-0.4, -0.2) is 22.6 Å². The predicted octanol–water partition coefficient (Wildman–Crippen LogP) is 2.44. The number of hydrogen-bond acceptors (Lipinski definition) is 3. The molecule has 3 aromatic rings. The smallest absolute Gasteiger partial charge is 0.289 e. The van der Waals surface area contributed by atoms with E-state index < -0.39 is 0 Å². The molecule has 0 saturated heterocycles. The molecule has 0 radical (unpaired) electrons. The molecule has 5 heteroatoms. The molecular weight excluding hydrogens is 254 g/mol. The van der Waals surface area contributed by atoms with E-state index in [0.29, 0.717) is 12.2 Å². The van der Waals surface area contributed by atoms with Gasteiger partial charge in [-0.25, -0.2) is 0 Å². The van der Waals surface area contributed by atoms with Crippen LogP contribution in [0.15, 0.2) is 41.1 Å². The van der Waals surface area contributed by atoms with Crippen LogP contribution >= 0.6 is 0 Å². The number of H-pyrrole nitrogens is 1. The van der Waals surface area contributed by atoms with Gasteiger partial charge in [0.05, 0.1) is 5.69 Å². The predicted molar refractivity (Wildman–Crippen MR) is 75.6 cm³/mol. The second-order valence-corrected chi connectivity index (χ2v) is 4.70. The molecule has 0 bridgehead atoms. The maximum Gasteiger partial charge on any atom is 0.289 e. The van der Waals surface area contributed by atoms with Crippen LogP contribution in [0.5, 0.6) is 0 Å². The van der Waals surface area contributed by atoms with Crippen molar-refractivity contribution in [2.75, 3.05) is 6.54 Å². The highest BCUT2D eigenvalue weighted by molar-refractivity contribution is 5.91. The van der Waals surface area contributed by atoms with E-state index in [9.17, 15) is 4.79 Å². The van der Waals surface area contributed by atoms with Gasteiger partial charge in [0, 0.05) is 29.7 Å². The molecule has 5 nitrogen and oxygen atoms in total. The Bertz CT molecular complexity index is 742. The maximum absolute atomic E-state index is 11.8. The molecule has 0 atom stereocenters. The molecule has 20 heavy (non-hydrogen) atoms. The number of amides is 1. The third-order valence-corrected chi connectivity index (χ3v) is 3.21. The average Bonchev–Trinajstić information content (AvgIpc) is 3.06. The Balaban J connectivity index is 1.61. The number of hydrogen-bond donors (Lipinski definition) is 2. The highest BCUT2D eigenvalue weighted by atomic mass is 16.5. The topological polar surface area (TPSA) is 70.9 Å². The Morgan fingerprint density at radius 1 is 1.40 bits per heavy atom. The van der Waals surface area contributed by atoms with Crippen LogP contribution in [0.2, 0.25) is 0 Å². The molecule has 1 amide bonds. The number of aromatic amines is 1. The Morgan fingerprint density at radius 3 is 3.05 bits per heavy atom. The molecule has 0 unspecified atom stereocenters. The number of nitrogens with one attached hydrogen (secondary N) is 2. The molecule has 0 aliphatic heterocycles. The molecule has 2 aromatic heterocycles. The number of nitrogens with zero attached hydrogens (tertiary/aromatic N) is 1. The fourth-order valence-electron chi connectivity index (χ4n) is 2.21. The van der Waals surface area contributed by atoms with Crippen LogP contribution in [0.25, 0.3) is 10.9 Å². The van der Waals surface area contributed by atoms with Gasteiger partial charge in [-0.1, -0.05) is 23.4 Å². The zero-order valence-electron chi connectivity index (χ0n) is 11.1. The Labute approximate surface area is 116 Å². The first-order valence-corrected chi connectivity index (χ1v) is 6.50. The van der Waals surface area contributed by atoms with Crippen molar-refractivity contribution in [1.82, 2.24) is 15.5 Å². The number of aromatic nitrogens is 2. The fourth-order valence-corrected chi connectivity index (χ4v) is 2.21. The van der Waals surface area contributed by atoms with Crippen LogP contribution in [-0.2, 0) is 6.42 Å². The largest absolute Gasteiger partial charge is 0.361 e. The van der Waals surface area contributed by atoms with Crippen molar-refractivity contribution in [3.8, 4) is 0 Å². The third-order valence-electron chi connectivity index (χ3n) is 3.21. The van der Waals surface area contributed by atoms with Gasteiger partial charge in [-0.15, -0.1) is 0 Å². The highest BCUT2D eigenvalue weighted by Gasteiger charge is 2.11. The molecule has 0 saturated carbocycles. The average molecular weight is 269 g/mol. The second kappa shape index (κ2) is 5.21. The lowest BCUT2D eigenvalue weighted by Crippen LogP contribution is -2.25. The third kappa shape index (κ3) is 2.42. The first kappa shape index (κ1) is 12.5. The van der Waals surface area contributed by atoms with Crippen LogP contribution in [0.4, 0.5) is 0 Å². The van der Waals surface area contributed by atoms with Gasteiger partial charge in [-0.3, -0.25) is 4.79 Å². The molecule has 2 heterocycles. The lowest BCUT2D eigenvalue weighted by Gasteiger charge is -2.02. The SMILES string of the molecule is Cc1cc(C(=O)NCCc2c[nH]c3ccccc23)on1. The van der Waals surface area contributed by atoms with E-state index in [-0.39, 0.29) is 11.7 Å². The summed E-state index contributed by atoms with van der Waals surface area (Å²) in [5.74, 6) is 0.0202. The van der Waals surface area contributed by atoms with Crippen molar-refractivity contribution in [3.63, 3.8) is 0 Å². The Hall–Kier alpha value is -2.56. The number of benzene rings is 1. The first-order valence-electron chi connectivity index (χ1n) is 6.50. The molecule has 0 fully saturated rings. The summed E-state index contributed by atoms with van der Waals surface area (Å²) in [7, 11) is 0. The van der Waals surface area contributed by atoms with E-state index in [0.717, 1.165) is 11.9 Å². The molecule has 102 valence electrons. The van der Waals surface area contributed by atoms with Crippen molar-refractivity contribution in [3.05, 3.63) is 53.5 Å². The number of rotatable bonds is 4. The first-order chi connectivity index (χ1) is 9.74. The van der Waals surface area contributed by atoms with Gasteiger partial charge in [0.15, 0.2) is 0 Å². The standard InChI is InChI=1S/C15H15N3O2/c1-10-8-14(20-18-10)15(19)16-7-6-11-9-17-13-5-3-2-4-12(11)13/h2-5,8-9,17H,6-7H2,1H3,(H,16,19). The molecule has 0 spiro atoms. The van der Waals surface area contributed by atoms with Crippen molar-refractivity contribution >= 4 is 16.8 Å². The van der Waals surface area contributed by atoms with Gasteiger partial charge in [-0.05, 0) is 25.0 Å². The van der Waals surface area contributed by atoms with Crippen molar-refractivity contribution in [2.24, 2.45) is 0 Å². The van der Waals surface area contributed by atoms with E-state index in [4.69, 9.17) is 4.52 Å². The van der Waals surface area contributed by atoms with Crippen LogP contribution < -0.4 is 5.32 Å². The molecule has 0 aliphatic carbocycles. The maximum atomic E-state index is 11.8. The van der Waals surface area contributed by atoms with Gasteiger partial charge in [-0.2, -0.15) is 0 Å².